The maximum absolute atomic E-state index is 13.0. The third-order valence-electron chi connectivity index (χ3n) is 4.67. The molecule has 1 heterocycles. The Bertz CT molecular complexity index is 911. The van der Waals surface area contributed by atoms with Crippen LogP contribution in [0, 0.1) is 0 Å². The summed E-state index contributed by atoms with van der Waals surface area (Å²) in [7, 11) is 1.84. The quantitative estimate of drug-likeness (QED) is 0.350. The van der Waals surface area contributed by atoms with Gasteiger partial charge in [-0.15, -0.1) is 0 Å². The molecule has 0 radical (unpaired) electrons. The molecule has 0 bridgehead atoms. The van der Waals surface area contributed by atoms with Crippen LogP contribution in [0.5, 0.6) is 0 Å². The number of fused-ring (bicyclic) bond motifs is 1. The Morgan fingerprint density at radius 1 is 1.43 bits per heavy atom. The van der Waals surface area contributed by atoms with Gasteiger partial charge in [-0.05, 0) is 51.3 Å². The molecule has 1 saturated carbocycles. The standard InChI is InChI=1S/C20H26ClN3O3S/c1-13(2)27-10-4-9-24-19(26)16-8-5-14(21)11-17(16)22-20(24)28-12-18(25)23(3)15-6-7-15/h5,8,11,13,15H,4,6-7,9-10,12H2,1-3H3. The number of nitrogens with zero attached hydrogens (tertiary/aromatic N) is 3. The zero-order valence-electron chi connectivity index (χ0n) is 16.5. The normalized spacial score (nSPS) is 14.0. The number of carbonyl (C=O) groups is 1. The Labute approximate surface area is 174 Å². The van der Waals surface area contributed by atoms with Crippen molar-refractivity contribution in [3.05, 3.63) is 33.6 Å². The van der Waals surface area contributed by atoms with Crippen LogP contribution in [0.15, 0.2) is 28.2 Å². The lowest BCUT2D eigenvalue weighted by Crippen LogP contribution is -2.31. The van der Waals surface area contributed by atoms with Gasteiger partial charge in [0.05, 0.1) is 22.8 Å². The number of rotatable bonds is 9. The molecule has 28 heavy (non-hydrogen) atoms. The van der Waals surface area contributed by atoms with Gasteiger partial charge in [0, 0.05) is 31.3 Å². The van der Waals surface area contributed by atoms with E-state index in [-0.39, 0.29) is 23.3 Å². The molecule has 1 aromatic carbocycles. The summed E-state index contributed by atoms with van der Waals surface area (Å²) in [6.45, 7) is 5.02. The maximum Gasteiger partial charge on any atom is 0.262 e. The molecule has 1 amide bonds. The summed E-state index contributed by atoms with van der Waals surface area (Å²) >= 11 is 7.38. The van der Waals surface area contributed by atoms with Crippen LogP contribution >= 0.6 is 23.4 Å². The molecule has 2 aromatic rings. The van der Waals surface area contributed by atoms with Gasteiger partial charge in [0.15, 0.2) is 5.16 Å². The van der Waals surface area contributed by atoms with E-state index in [0.29, 0.717) is 46.7 Å². The molecular weight excluding hydrogens is 398 g/mol. The first-order chi connectivity index (χ1) is 13.4. The highest BCUT2D eigenvalue weighted by molar-refractivity contribution is 7.99. The number of amides is 1. The minimum absolute atomic E-state index is 0.0580. The smallest absolute Gasteiger partial charge is 0.262 e. The summed E-state index contributed by atoms with van der Waals surface area (Å²) in [6, 6.07) is 5.45. The second-order valence-corrected chi connectivity index (χ2v) is 8.69. The van der Waals surface area contributed by atoms with Crippen LogP contribution in [-0.4, -0.2) is 51.9 Å². The molecule has 6 nitrogen and oxygen atoms in total. The average Bonchev–Trinajstić information content (AvgIpc) is 3.49. The van der Waals surface area contributed by atoms with Crippen molar-refractivity contribution >= 4 is 40.2 Å². The average molecular weight is 424 g/mol. The molecule has 0 N–H and O–H groups in total. The van der Waals surface area contributed by atoms with E-state index in [4.69, 9.17) is 16.3 Å². The molecule has 0 aliphatic heterocycles. The number of ether oxygens (including phenoxy) is 1. The Morgan fingerprint density at radius 2 is 2.18 bits per heavy atom. The highest BCUT2D eigenvalue weighted by Gasteiger charge is 2.29. The molecule has 1 aromatic heterocycles. The fourth-order valence-corrected chi connectivity index (χ4v) is 4.03. The SMILES string of the molecule is CC(C)OCCCn1c(SCC(=O)N(C)C2CC2)nc2cc(Cl)ccc2c1=O. The van der Waals surface area contributed by atoms with Crippen LogP contribution < -0.4 is 5.56 Å². The summed E-state index contributed by atoms with van der Waals surface area (Å²) in [5.74, 6) is 0.316. The second-order valence-electron chi connectivity index (χ2n) is 7.31. The van der Waals surface area contributed by atoms with Gasteiger partial charge >= 0.3 is 0 Å². The molecule has 0 saturated heterocycles. The van der Waals surface area contributed by atoms with Crippen molar-refractivity contribution in [3.8, 4) is 0 Å². The van der Waals surface area contributed by atoms with Crippen molar-refractivity contribution in [2.75, 3.05) is 19.4 Å². The summed E-state index contributed by atoms with van der Waals surface area (Å²) < 4.78 is 7.24. The van der Waals surface area contributed by atoms with Crippen LogP contribution in [0.3, 0.4) is 0 Å². The second kappa shape index (κ2) is 9.29. The van der Waals surface area contributed by atoms with Gasteiger partial charge in [-0.25, -0.2) is 4.98 Å². The van der Waals surface area contributed by atoms with Gasteiger partial charge < -0.3 is 9.64 Å². The number of hydrogen-bond acceptors (Lipinski definition) is 5. The first kappa shape index (κ1) is 21.1. The Hall–Kier alpha value is -1.57. The topological polar surface area (TPSA) is 64.4 Å². The minimum Gasteiger partial charge on any atom is -0.379 e. The molecule has 3 rings (SSSR count). The van der Waals surface area contributed by atoms with Crippen molar-refractivity contribution in [2.45, 2.75) is 57.0 Å². The lowest BCUT2D eigenvalue weighted by Gasteiger charge is -2.17. The lowest BCUT2D eigenvalue weighted by molar-refractivity contribution is -0.127. The molecular formula is C20H26ClN3O3S. The number of aromatic nitrogens is 2. The predicted octanol–water partition coefficient (Wildman–Crippen LogP) is 3.58. The van der Waals surface area contributed by atoms with Crippen LogP contribution in [-0.2, 0) is 16.1 Å². The highest BCUT2D eigenvalue weighted by Crippen LogP contribution is 2.27. The van der Waals surface area contributed by atoms with Crippen LogP contribution in [0.1, 0.15) is 33.1 Å². The molecule has 1 aliphatic carbocycles. The van der Waals surface area contributed by atoms with Crippen LogP contribution in [0.2, 0.25) is 5.02 Å². The zero-order chi connectivity index (χ0) is 20.3. The number of benzene rings is 1. The molecule has 8 heteroatoms. The third kappa shape index (κ3) is 5.27. The monoisotopic (exact) mass is 423 g/mol. The van der Waals surface area contributed by atoms with Crippen molar-refractivity contribution in [1.82, 2.24) is 14.5 Å². The molecule has 1 fully saturated rings. The Kier molecular flexibility index (Phi) is 7.01. The zero-order valence-corrected chi connectivity index (χ0v) is 18.1. The molecule has 0 unspecified atom stereocenters. The van der Waals surface area contributed by atoms with E-state index >= 15 is 0 Å². The first-order valence-corrected chi connectivity index (χ1v) is 10.9. The van der Waals surface area contributed by atoms with E-state index < -0.39 is 0 Å². The van der Waals surface area contributed by atoms with Gasteiger partial charge in [-0.1, -0.05) is 23.4 Å². The predicted molar refractivity (Wildman–Crippen MR) is 113 cm³/mol. The Morgan fingerprint density at radius 3 is 2.86 bits per heavy atom. The van der Waals surface area contributed by atoms with E-state index in [1.54, 1.807) is 27.7 Å². The van der Waals surface area contributed by atoms with E-state index in [9.17, 15) is 9.59 Å². The molecule has 1 aliphatic rings. The summed E-state index contributed by atoms with van der Waals surface area (Å²) in [5, 5.41) is 1.60. The lowest BCUT2D eigenvalue weighted by atomic mass is 10.2. The van der Waals surface area contributed by atoms with Crippen molar-refractivity contribution in [2.24, 2.45) is 0 Å². The molecule has 152 valence electrons. The number of halogens is 1. The summed E-state index contributed by atoms with van der Waals surface area (Å²) in [4.78, 5) is 31.8. The van der Waals surface area contributed by atoms with Crippen molar-refractivity contribution < 1.29 is 9.53 Å². The first-order valence-electron chi connectivity index (χ1n) is 9.57. The molecule has 0 atom stereocenters. The van der Waals surface area contributed by atoms with E-state index in [0.717, 1.165) is 12.8 Å². The van der Waals surface area contributed by atoms with E-state index in [1.165, 1.54) is 11.8 Å². The van der Waals surface area contributed by atoms with Gasteiger partial charge in [0.25, 0.3) is 5.56 Å². The largest absolute Gasteiger partial charge is 0.379 e. The van der Waals surface area contributed by atoms with Gasteiger partial charge in [-0.3, -0.25) is 14.2 Å². The maximum atomic E-state index is 13.0. The van der Waals surface area contributed by atoms with Gasteiger partial charge in [-0.2, -0.15) is 0 Å². The fraction of sp³-hybridized carbons (Fsp3) is 0.550. The minimum atomic E-state index is -0.114. The van der Waals surface area contributed by atoms with Crippen molar-refractivity contribution in [3.63, 3.8) is 0 Å². The van der Waals surface area contributed by atoms with E-state index in [1.807, 2.05) is 20.9 Å². The van der Waals surface area contributed by atoms with Crippen LogP contribution in [0.4, 0.5) is 0 Å². The summed E-state index contributed by atoms with van der Waals surface area (Å²) in [6.07, 6.45) is 2.99. The van der Waals surface area contributed by atoms with Gasteiger partial charge in [0.1, 0.15) is 0 Å². The van der Waals surface area contributed by atoms with Gasteiger partial charge in [0.2, 0.25) is 5.91 Å². The van der Waals surface area contributed by atoms with E-state index in [2.05, 4.69) is 4.98 Å². The highest BCUT2D eigenvalue weighted by atomic mass is 35.5. The fourth-order valence-electron chi connectivity index (χ4n) is 2.92. The number of carbonyl (C=O) groups excluding carboxylic acids is 1. The Balaban J connectivity index is 1.82. The third-order valence-corrected chi connectivity index (χ3v) is 5.87. The van der Waals surface area contributed by atoms with Crippen LogP contribution in [0.25, 0.3) is 10.9 Å². The van der Waals surface area contributed by atoms with Crippen molar-refractivity contribution in [1.29, 1.82) is 0 Å². The number of hydrogen-bond donors (Lipinski definition) is 0. The molecule has 0 spiro atoms. The summed E-state index contributed by atoms with van der Waals surface area (Å²) in [5.41, 5.74) is 0.439. The number of thioether (sulfide) groups is 1.